The molecule has 1 rings (SSSR count). The topological polar surface area (TPSA) is 75.6 Å². The first-order valence-electron chi connectivity index (χ1n) is 5.25. The Bertz CT molecular complexity index is 461. The summed E-state index contributed by atoms with van der Waals surface area (Å²) in [6.45, 7) is 1.28. The van der Waals surface area contributed by atoms with E-state index in [4.69, 9.17) is 16.7 Å². The Morgan fingerprint density at radius 1 is 1.50 bits per heavy atom. The van der Waals surface area contributed by atoms with Crippen molar-refractivity contribution in [3.63, 3.8) is 0 Å². The van der Waals surface area contributed by atoms with Crippen LogP contribution >= 0.6 is 11.6 Å². The average Bonchev–Trinajstić information content (AvgIpc) is 2.37. The predicted octanol–water partition coefficient (Wildman–Crippen LogP) is 0.912. The lowest BCUT2D eigenvalue weighted by Gasteiger charge is -2.14. The molecule has 5 nitrogen and oxygen atoms in total. The van der Waals surface area contributed by atoms with Crippen LogP contribution in [0.2, 0.25) is 5.02 Å². The number of benzene rings is 1. The highest BCUT2D eigenvalue weighted by atomic mass is 35.5. The number of aliphatic hydroxyl groups excluding tert-OH is 1. The zero-order valence-corrected chi connectivity index (χ0v) is 10.8. The minimum Gasteiger partial charge on any atom is -0.467 e. The van der Waals surface area contributed by atoms with Gasteiger partial charge in [-0.2, -0.15) is 0 Å². The number of hydrogen-bond donors (Lipinski definition) is 2. The molecule has 2 N–H and O–H groups in total. The van der Waals surface area contributed by atoms with Crippen molar-refractivity contribution in [2.75, 3.05) is 13.7 Å². The lowest BCUT2D eigenvalue weighted by molar-refractivity contribution is -0.143. The molecule has 0 saturated carbocycles. The van der Waals surface area contributed by atoms with Gasteiger partial charge in [-0.25, -0.2) is 4.79 Å². The maximum absolute atomic E-state index is 11.8. The third-order valence-electron chi connectivity index (χ3n) is 2.41. The van der Waals surface area contributed by atoms with Crippen molar-refractivity contribution >= 4 is 23.5 Å². The quantitative estimate of drug-likeness (QED) is 0.798. The molecule has 0 aliphatic heterocycles. The van der Waals surface area contributed by atoms with Gasteiger partial charge in [-0.1, -0.05) is 17.7 Å². The van der Waals surface area contributed by atoms with E-state index in [0.29, 0.717) is 10.6 Å². The van der Waals surface area contributed by atoms with Crippen molar-refractivity contribution in [3.05, 3.63) is 34.3 Å². The second-order valence-corrected chi connectivity index (χ2v) is 4.10. The Morgan fingerprint density at radius 3 is 2.67 bits per heavy atom. The van der Waals surface area contributed by atoms with E-state index >= 15 is 0 Å². The molecule has 0 saturated heterocycles. The Morgan fingerprint density at radius 2 is 2.17 bits per heavy atom. The number of aliphatic hydroxyl groups is 1. The smallest absolute Gasteiger partial charge is 0.330 e. The van der Waals surface area contributed by atoms with Crippen LogP contribution in [0.3, 0.4) is 0 Å². The van der Waals surface area contributed by atoms with E-state index in [9.17, 15) is 9.59 Å². The fourth-order valence-corrected chi connectivity index (χ4v) is 1.48. The third kappa shape index (κ3) is 3.45. The zero-order valence-electron chi connectivity index (χ0n) is 10.1. The van der Waals surface area contributed by atoms with Crippen LogP contribution in [0.4, 0.5) is 0 Å². The van der Waals surface area contributed by atoms with Crippen LogP contribution in [0, 0.1) is 6.92 Å². The lowest BCUT2D eigenvalue weighted by Crippen LogP contribution is -2.44. The maximum Gasteiger partial charge on any atom is 0.330 e. The second-order valence-electron chi connectivity index (χ2n) is 3.70. The molecule has 0 aliphatic rings. The number of esters is 1. The molecule has 1 amide bonds. The minimum atomic E-state index is -1.08. The summed E-state index contributed by atoms with van der Waals surface area (Å²) in [6.07, 6.45) is 0. The molecule has 0 aliphatic carbocycles. The maximum atomic E-state index is 11.8. The summed E-state index contributed by atoms with van der Waals surface area (Å²) in [6, 6.07) is 3.70. The predicted molar refractivity (Wildman–Crippen MR) is 66.5 cm³/mol. The van der Waals surface area contributed by atoms with E-state index in [-0.39, 0.29) is 0 Å². The fourth-order valence-electron chi connectivity index (χ4n) is 1.30. The number of halogens is 1. The highest BCUT2D eigenvalue weighted by Gasteiger charge is 2.21. The molecule has 0 bridgehead atoms. The van der Waals surface area contributed by atoms with Gasteiger partial charge in [-0.05, 0) is 24.6 Å². The Labute approximate surface area is 110 Å². The van der Waals surface area contributed by atoms with Crippen molar-refractivity contribution in [1.82, 2.24) is 5.32 Å². The summed E-state index contributed by atoms with van der Waals surface area (Å²) >= 11 is 5.90. The van der Waals surface area contributed by atoms with Gasteiger partial charge in [-0.15, -0.1) is 0 Å². The van der Waals surface area contributed by atoms with Crippen LogP contribution in [0.1, 0.15) is 15.9 Å². The van der Waals surface area contributed by atoms with Crippen LogP contribution in [0.5, 0.6) is 0 Å². The molecule has 0 aromatic heterocycles. The molecule has 0 fully saturated rings. The van der Waals surface area contributed by atoms with Gasteiger partial charge in [0, 0.05) is 10.6 Å². The van der Waals surface area contributed by atoms with E-state index in [2.05, 4.69) is 10.1 Å². The highest BCUT2D eigenvalue weighted by Crippen LogP contribution is 2.16. The summed E-state index contributed by atoms with van der Waals surface area (Å²) in [5.41, 5.74) is 1.16. The summed E-state index contributed by atoms with van der Waals surface area (Å²) in [7, 11) is 1.18. The first kappa shape index (κ1) is 14.5. The van der Waals surface area contributed by atoms with Gasteiger partial charge in [0.25, 0.3) is 5.91 Å². The average molecular weight is 272 g/mol. The molecule has 0 heterocycles. The van der Waals surface area contributed by atoms with E-state index in [1.54, 1.807) is 12.1 Å². The van der Waals surface area contributed by atoms with Gasteiger partial charge < -0.3 is 15.2 Å². The molecule has 1 aromatic carbocycles. The number of amides is 1. The Kier molecular flexibility index (Phi) is 5.12. The molecule has 18 heavy (non-hydrogen) atoms. The molecule has 1 aromatic rings. The fraction of sp³-hybridized carbons (Fsp3) is 0.333. The third-order valence-corrected chi connectivity index (χ3v) is 2.81. The molecular weight excluding hydrogens is 258 g/mol. The van der Waals surface area contributed by atoms with Gasteiger partial charge in [0.2, 0.25) is 0 Å². The number of rotatable bonds is 4. The SMILES string of the molecule is COC(=O)[C@H](CO)NC(=O)c1ccc(C)c(Cl)c1. The van der Waals surface area contributed by atoms with Gasteiger partial charge in [-0.3, -0.25) is 4.79 Å². The summed E-state index contributed by atoms with van der Waals surface area (Å²) in [4.78, 5) is 23.0. The van der Waals surface area contributed by atoms with Crippen LogP contribution in [-0.2, 0) is 9.53 Å². The van der Waals surface area contributed by atoms with Crippen LogP contribution in [0.15, 0.2) is 18.2 Å². The Balaban J connectivity index is 2.81. The van der Waals surface area contributed by atoms with E-state index < -0.39 is 24.5 Å². The van der Waals surface area contributed by atoms with Gasteiger partial charge in [0.15, 0.2) is 6.04 Å². The number of carbonyl (C=O) groups excluding carboxylic acids is 2. The molecular formula is C12H14ClNO4. The number of ether oxygens (including phenoxy) is 1. The molecule has 0 radical (unpaired) electrons. The van der Waals surface area contributed by atoms with Crippen LogP contribution in [0.25, 0.3) is 0 Å². The normalized spacial score (nSPS) is 11.8. The van der Waals surface area contributed by atoms with Gasteiger partial charge >= 0.3 is 5.97 Å². The van der Waals surface area contributed by atoms with Crippen molar-refractivity contribution in [1.29, 1.82) is 0 Å². The van der Waals surface area contributed by atoms with E-state index in [1.807, 2.05) is 6.92 Å². The van der Waals surface area contributed by atoms with Crippen molar-refractivity contribution in [2.24, 2.45) is 0 Å². The molecule has 0 unspecified atom stereocenters. The summed E-state index contributed by atoms with van der Waals surface area (Å²) < 4.78 is 4.44. The van der Waals surface area contributed by atoms with Gasteiger partial charge in [0.05, 0.1) is 13.7 Å². The van der Waals surface area contributed by atoms with Gasteiger partial charge in [0.1, 0.15) is 0 Å². The van der Waals surface area contributed by atoms with E-state index in [1.165, 1.54) is 13.2 Å². The number of carbonyl (C=O) groups is 2. The van der Waals surface area contributed by atoms with Crippen molar-refractivity contribution in [2.45, 2.75) is 13.0 Å². The van der Waals surface area contributed by atoms with Crippen molar-refractivity contribution < 1.29 is 19.4 Å². The molecule has 6 heteroatoms. The highest BCUT2D eigenvalue weighted by molar-refractivity contribution is 6.31. The second kappa shape index (κ2) is 6.37. The minimum absolute atomic E-state index is 0.313. The van der Waals surface area contributed by atoms with Crippen molar-refractivity contribution in [3.8, 4) is 0 Å². The molecule has 98 valence electrons. The van der Waals surface area contributed by atoms with Crippen LogP contribution in [-0.4, -0.2) is 36.7 Å². The molecule has 0 spiro atoms. The van der Waals surface area contributed by atoms with Crippen LogP contribution < -0.4 is 5.32 Å². The summed E-state index contributed by atoms with van der Waals surface area (Å²) in [5, 5.41) is 11.8. The standard InChI is InChI=1S/C12H14ClNO4/c1-7-3-4-8(5-9(7)13)11(16)14-10(6-15)12(17)18-2/h3-5,10,15H,6H2,1-2H3,(H,14,16)/t10-/m0/s1. The monoisotopic (exact) mass is 271 g/mol. The largest absolute Gasteiger partial charge is 0.467 e. The molecule has 1 atom stereocenters. The number of methoxy groups -OCH3 is 1. The lowest BCUT2D eigenvalue weighted by atomic mass is 10.1. The Hall–Kier alpha value is -1.59. The number of nitrogens with one attached hydrogen (secondary N) is 1. The summed E-state index contributed by atoms with van der Waals surface area (Å²) in [5.74, 6) is -1.20. The van der Waals surface area contributed by atoms with E-state index in [0.717, 1.165) is 5.56 Å². The first-order chi connectivity index (χ1) is 8.49. The first-order valence-corrected chi connectivity index (χ1v) is 5.63. The zero-order chi connectivity index (χ0) is 13.7. The number of aryl methyl sites for hydroxylation is 1. The number of hydrogen-bond acceptors (Lipinski definition) is 4.